The minimum atomic E-state index is -0.0435. The Labute approximate surface area is 98.5 Å². The van der Waals surface area contributed by atoms with Crippen molar-refractivity contribution in [2.45, 2.75) is 19.8 Å². The molecule has 16 heavy (non-hydrogen) atoms. The second-order valence-corrected chi connectivity index (χ2v) is 4.38. The van der Waals surface area contributed by atoms with Gasteiger partial charge in [-0.3, -0.25) is 4.79 Å². The van der Waals surface area contributed by atoms with Crippen molar-refractivity contribution in [1.82, 2.24) is 8.75 Å². The zero-order chi connectivity index (χ0) is 11.5. The lowest BCUT2D eigenvalue weighted by molar-refractivity contribution is 0.103. The van der Waals surface area contributed by atoms with Crippen molar-refractivity contribution in [1.29, 1.82) is 0 Å². The predicted molar refractivity (Wildman–Crippen MR) is 63.9 cm³/mol. The van der Waals surface area contributed by atoms with Gasteiger partial charge in [0.05, 0.1) is 17.4 Å². The van der Waals surface area contributed by atoms with Crippen molar-refractivity contribution in [2.75, 3.05) is 0 Å². The summed E-state index contributed by atoms with van der Waals surface area (Å²) in [6, 6.07) is 9.18. The van der Waals surface area contributed by atoms with Crippen molar-refractivity contribution in [2.24, 2.45) is 0 Å². The van der Waals surface area contributed by atoms with E-state index in [2.05, 4.69) is 8.75 Å². The van der Waals surface area contributed by atoms with E-state index in [1.165, 1.54) is 0 Å². The third kappa shape index (κ3) is 2.02. The molecule has 82 valence electrons. The number of ketones is 1. The average molecular weight is 232 g/mol. The normalized spacial score (nSPS) is 10.7. The number of rotatable bonds is 3. The van der Waals surface area contributed by atoms with Crippen LogP contribution in [0.25, 0.3) is 0 Å². The van der Waals surface area contributed by atoms with E-state index in [9.17, 15) is 4.79 Å². The summed E-state index contributed by atoms with van der Waals surface area (Å²) in [7, 11) is 0. The summed E-state index contributed by atoms with van der Waals surface area (Å²) in [5.74, 6) is 0.180. The van der Waals surface area contributed by atoms with Crippen LogP contribution in [0.3, 0.4) is 0 Å². The Morgan fingerprint density at radius 3 is 2.50 bits per heavy atom. The molecule has 0 amide bonds. The number of hydrogen-bond donors (Lipinski definition) is 0. The lowest BCUT2D eigenvalue weighted by Crippen LogP contribution is -2.06. The molecule has 0 unspecified atom stereocenters. The zero-order valence-electron chi connectivity index (χ0n) is 9.18. The standard InChI is InChI=1S/C12H12N2OS/c1-8(2)10-11(14-16-13-10)12(15)9-6-4-3-5-7-9/h3-8H,1-2H3. The monoisotopic (exact) mass is 232 g/mol. The molecule has 3 nitrogen and oxygen atoms in total. The molecular weight excluding hydrogens is 220 g/mol. The summed E-state index contributed by atoms with van der Waals surface area (Å²) in [6.45, 7) is 4.02. The highest BCUT2D eigenvalue weighted by molar-refractivity contribution is 6.99. The Balaban J connectivity index is 2.39. The molecule has 0 bridgehead atoms. The second-order valence-electron chi connectivity index (χ2n) is 3.85. The van der Waals surface area contributed by atoms with Gasteiger partial charge in [0.15, 0.2) is 0 Å². The fourth-order valence-electron chi connectivity index (χ4n) is 1.46. The molecule has 0 fully saturated rings. The van der Waals surface area contributed by atoms with Gasteiger partial charge in [-0.2, -0.15) is 8.75 Å². The summed E-state index contributed by atoms with van der Waals surface area (Å²) >= 11 is 1.10. The number of carbonyl (C=O) groups excluding carboxylic acids is 1. The van der Waals surface area contributed by atoms with Crippen LogP contribution < -0.4 is 0 Å². The van der Waals surface area contributed by atoms with Gasteiger partial charge in [-0.25, -0.2) is 0 Å². The fraction of sp³-hybridized carbons (Fsp3) is 0.250. The highest BCUT2D eigenvalue weighted by Gasteiger charge is 2.19. The van der Waals surface area contributed by atoms with Crippen LogP contribution in [-0.2, 0) is 0 Å². The van der Waals surface area contributed by atoms with Crippen LogP contribution in [0, 0.1) is 0 Å². The van der Waals surface area contributed by atoms with Gasteiger partial charge in [-0.15, -0.1) is 0 Å². The number of benzene rings is 1. The molecule has 0 spiro atoms. The SMILES string of the molecule is CC(C)c1nsnc1C(=O)c1ccccc1. The third-order valence-corrected chi connectivity index (χ3v) is 2.85. The summed E-state index contributed by atoms with van der Waals surface area (Å²) in [5, 5.41) is 0. The van der Waals surface area contributed by atoms with Gasteiger partial charge in [0.25, 0.3) is 0 Å². The lowest BCUT2D eigenvalue weighted by atomic mass is 10.0. The van der Waals surface area contributed by atoms with Gasteiger partial charge >= 0.3 is 0 Å². The quantitative estimate of drug-likeness (QED) is 0.764. The lowest BCUT2D eigenvalue weighted by Gasteiger charge is -2.02. The van der Waals surface area contributed by atoms with Crippen molar-refractivity contribution < 1.29 is 4.79 Å². The van der Waals surface area contributed by atoms with E-state index < -0.39 is 0 Å². The van der Waals surface area contributed by atoms with Crippen molar-refractivity contribution in [3.8, 4) is 0 Å². The first kappa shape index (κ1) is 11.0. The predicted octanol–water partition coefficient (Wildman–Crippen LogP) is 2.89. The maximum absolute atomic E-state index is 12.1. The van der Waals surface area contributed by atoms with Crippen LogP contribution in [0.4, 0.5) is 0 Å². The van der Waals surface area contributed by atoms with Gasteiger partial charge in [0, 0.05) is 5.56 Å². The Hall–Kier alpha value is -1.55. The highest BCUT2D eigenvalue weighted by Crippen LogP contribution is 2.19. The van der Waals surface area contributed by atoms with Crippen LogP contribution in [0.5, 0.6) is 0 Å². The van der Waals surface area contributed by atoms with Crippen molar-refractivity contribution >= 4 is 17.5 Å². The van der Waals surface area contributed by atoms with E-state index in [4.69, 9.17) is 0 Å². The molecule has 1 aromatic heterocycles. The molecule has 0 aliphatic heterocycles. The van der Waals surface area contributed by atoms with Crippen molar-refractivity contribution in [3.63, 3.8) is 0 Å². The summed E-state index contributed by atoms with van der Waals surface area (Å²) < 4.78 is 8.27. The van der Waals surface area contributed by atoms with Crippen LogP contribution >= 0.6 is 11.7 Å². The van der Waals surface area contributed by atoms with Gasteiger partial charge < -0.3 is 0 Å². The first-order valence-corrected chi connectivity index (χ1v) is 5.85. The summed E-state index contributed by atoms with van der Waals surface area (Å²) in [6.07, 6.45) is 0. The van der Waals surface area contributed by atoms with Crippen LogP contribution in [0.1, 0.15) is 41.5 Å². The Bertz CT molecular complexity index is 491. The molecule has 0 aliphatic carbocycles. The Morgan fingerprint density at radius 2 is 1.88 bits per heavy atom. The molecule has 1 aromatic carbocycles. The Morgan fingerprint density at radius 1 is 1.19 bits per heavy atom. The van der Waals surface area contributed by atoms with Crippen LogP contribution in [0.2, 0.25) is 0 Å². The minimum Gasteiger partial charge on any atom is -0.287 e. The van der Waals surface area contributed by atoms with Gasteiger partial charge in [-0.1, -0.05) is 44.2 Å². The molecule has 0 aliphatic rings. The maximum atomic E-state index is 12.1. The highest BCUT2D eigenvalue weighted by atomic mass is 32.1. The molecule has 4 heteroatoms. The van der Waals surface area contributed by atoms with E-state index >= 15 is 0 Å². The molecule has 2 aromatic rings. The molecule has 2 rings (SSSR count). The fourth-order valence-corrected chi connectivity index (χ4v) is 2.14. The Kier molecular flexibility index (Phi) is 3.10. The molecule has 1 heterocycles. The van der Waals surface area contributed by atoms with E-state index in [-0.39, 0.29) is 11.7 Å². The number of aromatic nitrogens is 2. The summed E-state index contributed by atoms with van der Waals surface area (Å²) in [4.78, 5) is 12.1. The smallest absolute Gasteiger partial charge is 0.214 e. The van der Waals surface area contributed by atoms with E-state index in [1.54, 1.807) is 12.1 Å². The van der Waals surface area contributed by atoms with E-state index in [1.807, 2.05) is 32.0 Å². The number of hydrogen-bond acceptors (Lipinski definition) is 4. The van der Waals surface area contributed by atoms with E-state index in [0.29, 0.717) is 11.3 Å². The second kappa shape index (κ2) is 4.53. The molecule has 0 atom stereocenters. The first-order chi connectivity index (χ1) is 7.70. The van der Waals surface area contributed by atoms with Crippen LogP contribution in [0.15, 0.2) is 30.3 Å². The minimum absolute atomic E-state index is 0.0435. The van der Waals surface area contributed by atoms with Gasteiger partial charge in [0.1, 0.15) is 5.69 Å². The zero-order valence-corrected chi connectivity index (χ0v) is 9.99. The third-order valence-electron chi connectivity index (χ3n) is 2.31. The molecular formula is C12H12N2OS. The van der Waals surface area contributed by atoms with Crippen molar-refractivity contribution in [3.05, 3.63) is 47.3 Å². The van der Waals surface area contributed by atoms with E-state index in [0.717, 1.165) is 17.4 Å². The number of carbonyl (C=O) groups is 1. The van der Waals surface area contributed by atoms with Crippen LogP contribution in [-0.4, -0.2) is 14.5 Å². The largest absolute Gasteiger partial charge is 0.287 e. The maximum Gasteiger partial charge on any atom is 0.214 e. The average Bonchev–Trinajstić information content (AvgIpc) is 2.78. The molecule has 0 saturated heterocycles. The summed E-state index contributed by atoms with van der Waals surface area (Å²) in [5.41, 5.74) is 1.95. The van der Waals surface area contributed by atoms with Gasteiger partial charge in [-0.05, 0) is 5.92 Å². The molecule has 0 radical (unpaired) electrons. The topological polar surface area (TPSA) is 42.9 Å². The first-order valence-electron chi connectivity index (χ1n) is 5.12. The number of nitrogens with zero attached hydrogens (tertiary/aromatic N) is 2. The molecule has 0 saturated carbocycles. The molecule has 0 N–H and O–H groups in total. The van der Waals surface area contributed by atoms with Gasteiger partial charge in [0.2, 0.25) is 5.78 Å².